The van der Waals surface area contributed by atoms with Crippen molar-refractivity contribution in [3.05, 3.63) is 0 Å². The van der Waals surface area contributed by atoms with Gasteiger partial charge >= 0.3 is 23.9 Å². The second kappa shape index (κ2) is 6.25. The van der Waals surface area contributed by atoms with Crippen LogP contribution in [0.4, 0.5) is 22.0 Å². The van der Waals surface area contributed by atoms with Crippen molar-refractivity contribution < 1.29 is 46.1 Å². The molecule has 7 unspecified atom stereocenters. The van der Waals surface area contributed by atoms with E-state index in [-0.39, 0.29) is 11.8 Å². The van der Waals surface area contributed by atoms with Crippen molar-refractivity contribution >= 4 is 5.97 Å². The number of ether oxygens (including phenoxy) is 3. The van der Waals surface area contributed by atoms with Gasteiger partial charge in [-0.15, -0.1) is 0 Å². The largest absolute Gasteiger partial charge is 0.462 e. The van der Waals surface area contributed by atoms with Gasteiger partial charge in [-0.25, -0.2) is 0 Å². The number of carbonyl (C=O) groups excluding carboxylic acids is 1. The van der Waals surface area contributed by atoms with Crippen LogP contribution < -0.4 is 0 Å². The summed E-state index contributed by atoms with van der Waals surface area (Å²) in [4.78, 5) is 12.4. The van der Waals surface area contributed by atoms with Crippen molar-refractivity contribution in [2.24, 2.45) is 29.6 Å². The van der Waals surface area contributed by atoms with Gasteiger partial charge in [-0.2, -0.15) is 22.0 Å². The molecule has 0 aromatic carbocycles. The van der Waals surface area contributed by atoms with Crippen LogP contribution >= 0.6 is 0 Å². The van der Waals surface area contributed by atoms with E-state index in [2.05, 4.69) is 16.4 Å². The Labute approximate surface area is 153 Å². The van der Waals surface area contributed by atoms with Crippen LogP contribution in [0.2, 0.25) is 0 Å². The van der Waals surface area contributed by atoms with Crippen molar-refractivity contribution in [3.63, 3.8) is 0 Å². The number of alkyl halides is 5. The molecule has 0 radical (unpaired) electrons. The van der Waals surface area contributed by atoms with Crippen LogP contribution in [-0.4, -0.2) is 48.0 Å². The molecule has 2 bridgehead atoms. The lowest BCUT2D eigenvalue weighted by Gasteiger charge is -2.48. The molecule has 2 saturated carbocycles. The number of rotatable bonds is 3. The first-order valence-electron chi connectivity index (χ1n) is 8.86. The molecule has 3 rings (SSSR count). The predicted octanol–water partition coefficient (Wildman–Crippen LogP) is 3.11. The second-order valence-electron chi connectivity index (χ2n) is 8.18. The number of hydrogen-bond acceptors (Lipinski definition) is 5. The lowest BCUT2D eigenvalue weighted by atomic mass is 9.76. The number of halogens is 5. The summed E-state index contributed by atoms with van der Waals surface area (Å²) in [6.07, 6.45) is -4.33. The molecule has 1 N–H and O–H groups in total. The highest BCUT2D eigenvalue weighted by Gasteiger charge is 2.79. The first kappa shape index (κ1) is 20.7. The summed E-state index contributed by atoms with van der Waals surface area (Å²) in [6.45, 7) is 2.44. The average Bonchev–Trinajstić information content (AvgIpc) is 3.10. The first-order chi connectivity index (χ1) is 12.3. The summed E-state index contributed by atoms with van der Waals surface area (Å²) in [5.41, 5.74) is -2.89. The van der Waals surface area contributed by atoms with Gasteiger partial charge in [0.15, 0.2) is 12.4 Å². The van der Waals surface area contributed by atoms with Gasteiger partial charge in [-0.3, -0.25) is 4.79 Å². The molecule has 0 amide bonds. The Morgan fingerprint density at radius 2 is 1.81 bits per heavy atom. The van der Waals surface area contributed by atoms with E-state index in [0.29, 0.717) is 25.2 Å². The van der Waals surface area contributed by atoms with Gasteiger partial charge in [-0.05, 0) is 43.4 Å². The fourth-order valence-corrected chi connectivity index (χ4v) is 4.70. The maximum Gasteiger partial charge on any atom is 0.449 e. The molecule has 1 heterocycles. The second-order valence-corrected chi connectivity index (χ2v) is 8.18. The average molecular weight is 402 g/mol. The van der Waals surface area contributed by atoms with E-state index in [9.17, 15) is 31.9 Å². The molecular formula is C17H23F5O5. The quantitative estimate of drug-likeness (QED) is 0.581. The minimum Gasteiger partial charge on any atom is -0.462 e. The molecule has 3 aliphatic rings. The lowest BCUT2D eigenvalue weighted by molar-refractivity contribution is -0.501. The van der Waals surface area contributed by atoms with Crippen molar-refractivity contribution in [2.45, 2.75) is 57.1 Å². The van der Waals surface area contributed by atoms with Crippen LogP contribution in [0, 0.1) is 29.6 Å². The van der Waals surface area contributed by atoms with E-state index in [0.717, 1.165) is 6.42 Å². The number of fused-ring (bicyclic) bond motifs is 2. The van der Waals surface area contributed by atoms with Gasteiger partial charge in [0.1, 0.15) is 6.61 Å². The molecule has 0 aromatic heterocycles. The fraction of sp³-hybridized carbons (Fsp3) is 0.941. The highest BCUT2D eigenvalue weighted by atomic mass is 19.4. The normalized spacial score (nSPS) is 46.5. The fourth-order valence-electron chi connectivity index (χ4n) is 4.70. The van der Waals surface area contributed by atoms with E-state index in [1.807, 2.05) is 6.92 Å². The number of hydrogen-bond donors (Lipinski definition) is 1. The minimum atomic E-state index is -5.76. The predicted molar refractivity (Wildman–Crippen MR) is 80.4 cm³/mol. The summed E-state index contributed by atoms with van der Waals surface area (Å²) in [6, 6.07) is 0. The zero-order valence-corrected chi connectivity index (χ0v) is 15.2. The minimum absolute atomic E-state index is 0.0773. The summed E-state index contributed by atoms with van der Waals surface area (Å²) < 4.78 is 81.3. The third-order valence-corrected chi connectivity index (χ3v) is 6.81. The summed E-state index contributed by atoms with van der Waals surface area (Å²) in [7, 11) is 0. The van der Waals surface area contributed by atoms with Crippen molar-refractivity contribution in [3.8, 4) is 0 Å². The molecular weight excluding hydrogens is 379 g/mol. The molecule has 156 valence electrons. The topological polar surface area (TPSA) is 65.0 Å². The number of esters is 1. The highest BCUT2D eigenvalue weighted by molar-refractivity contribution is 5.73. The van der Waals surface area contributed by atoms with Crippen LogP contribution in [0.25, 0.3) is 0 Å². The van der Waals surface area contributed by atoms with Gasteiger partial charge < -0.3 is 19.3 Å². The van der Waals surface area contributed by atoms with E-state index >= 15 is 0 Å². The van der Waals surface area contributed by atoms with Gasteiger partial charge in [0.05, 0.1) is 5.92 Å². The molecule has 7 atom stereocenters. The molecule has 0 spiro atoms. The molecule has 27 heavy (non-hydrogen) atoms. The van der Waals surface area contributed by atoms with Crippen molar-refractivity contribution in [1.82, 2.24) is 0 Å². The van der Waals surface area contributed by atoms with Gasteiger partial charge in [0.2, 0.25) is 0 Å². The summed E-state index contributed by atoms with van der Waals surface area (Å²) in [5.74, 6) is -9.62. The van der Waals surface area contributed by atoms with Gasteiger partial charge in [0.25, 0.3) is 0 Å². The Morgan fingerprint density at radius 3 is 2.33 bits per heavy atom. The summed E-state index contributed by atoms with van der Waals surface area (Å²) >= 11 is 0. The van der Waals surface area contributed by atoms with E-state index in [1.165, 1.54) is 0 Å². The number of aliphatic hydroxyl groups is 1. The van der Waals surface area contributed by atoms with Crippen LogP contribution in [0.1, 0.15) is 33.6 Å². The Hall–Kier alpha value is -1.00. The monoisotopic (exact) mass is 402 g/mol. The molecule has 1 saturated heterocycles. The zero-order chi connectivity index (χ0) is 20.4. The van der Waals surface area contributed by atoms with Crippen LogP contribution in [0.5, 0.6) is 0 Å². The van der Waals surface area contributed by atoms with Crippen LogP contribution in [-0.2, 0) is 19.0 Å². The van der Waals surface area contributed by atoms with Crippen LogP contribution in [0.3, 0.4) is 0 Å². The Kier molecular flexibility index (Phi) is 4.80. The molecule has 2 aliphatic carbocycles. The molecule has 10 heteroatoms. The Balaban J connectivity index is 1.71. The van der Waals surface area contributed by atoms with E-state index < -0.39 is 48.8 Å². The number of carbonyl (C=O) groups is 1. The maximum atomic E-state index is 14.5. The molecule has 5 nitrogen and oxygen atoms in total. The summed E-state index contributed by atoms with van der Waals surface area (Å²) in [5, 5.41) is 9.48. The lowest BCUT2D eigenvalue weighted by Crippen LogP contribution is -2.74. The molecule has 3 fully saturated rings. The molecule has 1 aliphatic heterocycles. The maximum absolute atomic E-state index is 14.5. The Morgan fingerprint density at radius 1 is 1.19 bits per heavy atom. The van der Waals surface area contributed by atoms with E-state index in [1.54, 1.807) is 0 Å². The SMILES string of the molecule is CC1C2CC(C(=O)OCC3(C)OCOC(O)(C(F)(F)F)C3(F)F)C(C2)C1C. The molecule has 0 aromatic rings. The van der Waals surface area contributed by atoms with Crippen molar-refractivity contribution in [2.75, 3.05) is 13.4 Å². The zero-order valence-electron chi connectivity index (χ0n) is 15.2. The van der Waals surface area contributed by atoms with E-state index in [4.69, 9.17) is 4.74 Å². The van der Waals surface area contributed by atoms with Crippen molar-refractivity contribution in [1.29, 1.82) is 0 Å². The first-order valence-corrected chi connectivity index (χ1v) is 8.86. The highest BCUT2D eigenvalue weighted by Crippen LogP contribution is 2.56. The van der Waals surface area contributed by atoms with Gasteiger partial charge in [0, 0.05) is 0 Å². The smallest absolute Gasteiger partial charge is 0.449 e. The third kappa shape index (κ3) is 2.86. The standard InChI is InChI=1S/C17H23F5O5/c1-8-9(2)11-4-10(8)5-12(11)13(23)25-6-14(3)15(18,19)16(24,17(20,21)22)27-7-26-14/h8-12,24H,4-7H2,1-3H3. The van der Waals surface area contributed by atoms with Crippen LogP contribution in [0.15, 0.2) is 0 Å². The van der Waals surface area contributed by atoms with Gasteiger partial charge in [-0.1, -0.05) is 13.8 Å². The third-order valence-electron chi connectivity index (χ3n) is 6.81. The Bertz CT molecular complexity index is 609.